The van der Waals surface area contributed by atoms with E-state index in [1.807, 2.05) is 0 Å². The van der Waals surface area contributed by atoms with Gasteiger partial charge in [0.1, 0.15) is 6.04 Å². The largest absolute Gasteiger partial charge is 0.480 e. The molecule has 1 heterocycles. The number of nitrogens with zero attached hydrogens (tertiary/aromatic N) is 2. The molecule has 0 unspecified atom stereocenters. The lowest BCUT2D eigenvalue weighted by Crippen LogP contribution is -2.51. The molecule has 7 nitrogen and oxygen atoms in total. The van der Waals surface area contributed by atoms with Crippen LogP contribution in [0, 0.1) is 0 Å². The molecule has 1 rings (SSSR count). The van der Waals surface area contributed by atoms with Crippen molar-refractivity contribution in [2.75, 3.05) is 25.9 Å². The van der Waals surface area contributed by atoms with Crippen LogP contribution >= 0.6 is 0 Å². The fourth-order valence-corrected chi connectivity index (χ4v) is 2.83. The third-order valence-electron chi connectivity index (χ3n) is 3.31. The summed E-state index contributed by atoms with van der Waals surface area (Å²) in [5.41, 5.74) is 0. The van der Waals surface area contributed by atoms with Gasteiger partial charge in [0.25, 0.3) is 0 Å². The molecule has 1 amide bonds. The predicted octanol–water partition coefficient (Wildman–Crippen LogP) is -0.266. The molecule has 1 aliphatic rings. The molecule has 0 saturated carbocycles. The number of carbonyl (C=O) groups excluding carboxylic acids is 1. The first-order valence-electron chi connectivity index (χ1n) is 6.26. The summed E-state index contributed by atoms with van der Waals surface area (Å²) in [6.07, 6.45) is 1.94. The first kappa shape index (κ1) is 15.9. The van der Waals surface area contributed by atoms with E-state index in [1.54, 1.807) is 0 Å². The number of sulfonamides is 1. The molecule has 0 spiro atoms. The van der Waals surface area contributed by atoms with Crippen molar-refractivity contribution >= 4 is 21.9 Å². The first-order valence-corrected chi connectivity index (χ1v) is 7.86. The second kappa shape index (κ2) is 6.33. The first-order chi connectivity index (χ1) is 8.79. The topological polar surface area (TPSA) is 95.0 Å². The standard InChI is InChI=1S/C11H20N2O5S/c1-3-19(17,18)12(2)8-10(14)13-7-5-4-6-9(13)11(15)16/h9H,3-8H2,1-2H3,(H,15,16)/t9-/m1/s1. The predicted molar refractivity (Wildman–Crippen MR) is 69.1 cm³/mol. The van der Waals surface area contributed by atoms with Gasteiger partial charge < -0.3 is 10.0 Å². The SMILES string of the molecule is CCS(=O)(=O)N(C)CC(=O)N1CCCC[C@@H]1C(=O)O. The number of carboxylic acids is 1. The molecule has 8 heteroatoms. The van der Waals surface area contributed by atoms with Crippen LogP contribution in [-0.4, -0.2) is 66.5 Å². The smallest absolute Gasteiger partial charge is 0.326 e. The van der Waals surface area contributed by atoms with Gasteiger partial charge in [0, 0.05) is 13.6 Å². The Balaban J connectivity index is 2.73. The molecule has 1 N–H and O–H groups in total. The van der Waals surface area contributed by atoms with Gasteiger partial charge in [0.05, 0.1) is 12.3 Å². The van der Waals surface area contributed by atoms with Gasteiger partial charge in [-0.3, -0.25) is 4.79 Å². The highest BCUT2D eigenvalue weighted by Gasteiger charge is 2.33. The van der Waals surface area contributed by atoms with Crippen molar-refractivity contribution in [1.29, 1.82) is 0 Å². The van der Waals surface area contributed by atoms with Crippen molar-refractivity contribution in [2.45, 2.75) is 32.2 Å². The van der Waals surface area contributed by atoms with Crippen molar-refractivity contribution in [2.24, 2.45) is 0 Å². The third-order valence-corrected chi connectivity index (χ3v) is 5.11. The lowest BCUT2D eigenvalue weighted by molar-refractivity contribution is -0.152. The number of likely N-dealkylation sites (N-methyl/N-ethyl adjacent to an activating group) is 1. The zero-order chi connectivity index (χ0) is 14.6. The Labute approximate surface area is 113 Å². The molecular weight excluding hydrogens is 272 g/mol. The second-order valence-corrected chi connectivity index (χ2v) is 6.96. The van der Waals surface area contributed by atoms with Gasteiger partial charge in [-0.1, -0.05) is 0 Å². The average Bonchev–Trinajstić information content (AvgIpc) is 2.38. The molecular formula is C11H20N2O5S. The van der Waals surface area contributed by atoms with Gasteiger partial charge in [-0.15, -0.1) is 0 Å². The highest BCUT2D eigenvalue weighted by Crippen LogP contribution is 2.17. The Bertz CT molecular complexity index is 448. The van der Waals surface area contributed by atoms with Gasteiger partial charge in [-0.25, -0.2) is 13.2 Å². The molecule has 0 radical (unpaired) electrons. The molecule has 0 aromatic heterocycles. The quantitative estimate of drug-likeness (QED) is 0.753. The van der Waals surface area contributed by atoms with Crippen LogP contribution < -0.4 is 0 Å². The Hall–Kier alpha value is -1.15. The number of likely N-dealkylation sites (tertiary alicyclic amines) is 1. The summed E-state index contributed by atoms with van der Waals surface area (Å²) in [6, 6.07) is -0.834. The molecule has 0 aliphatic carbocycles. The lowest BCUT2D eigenvalue weighted by Gasteiger charge is -2.33. The van der Waals surface area contributed by atoms with Crippen molar-refractivity contribution in [3.05, 3.63) is 0 Å². The third kappa shape index (κ3) is 3.90. The van der Waals surface area contributed by atoms with Crippen LogP contribution in [0.25, 0.3) is 0 Å². The van der Waals surface area contributed by atoms with Crippen LogP contribution in [0.15, 0.2) is 0 Å². The Morgan fingerprint density at radius 1 is 1.37 bits per heavy atom. The Morgan fingerprint density at radius 3 is 2.53 bits per heavy atom. The Kier molecular flexibility index (Phi) is 5.30. The van der Waals surface area contributed by atoms with Crippen molar-refractivity contribution in [3.63, 3.8) is 0 Å². The van der Waals surface area contributed by atoms with Crippen LogP contribution in [-0.2, 0) is 19.6 Å². The van der Waals surface area contributed by atoms with E-state index in [4.69, 9.17) is 5.11 Å². The van der Waals surface area contributed by atoms with Crippen LogP contribution in [0.2, 0.25) is 0 Å². The molecule has 1 aliphatic heterocycles. The summed E-state index contributed by atoms with van der Waals surface area (Å²) in [4.78, 5) is 24.4. The van der Waals surface area contributed by atoms with Gasteiger partial charge in [-0.05, 0) is 26.2 Å². The minimum Gasteiger partial charge on any atom is -0.480 e. The number of aliphatic carboxylic acids is 1. The zero-order valence-electron chi connectivity index (χ0n) is 11.2. The summed E-state index contributed by atoms with van der Waals surface area (Å²) < 4.78 is 24.1. The van der Waals surface area contributed by atoms with Crippen molar-refractivity contribution in [1.82, 2.24) is 9.21 Å². The van der Waals surface area contributed by atoms with E-state index in [0.29, 0.717) is 13.0 Å². The van der Waals surface area contributed by atoms with Gasteiger partial charge >= 0.3 is 5.97 Å². The van der Waals surface area contributed by atoms with E-state index >= 15 is 0 Å². The highest BCUT2D eigenvalue weighted by molar-refractivity contribution is 7.89. The van der Waals surface area contributed by atoms with Crippen molar-refractivity contribution < 1.29 is 23.1 Å². The summed E-state index contributed by atoms with van der Waals surface area (Å²) in [7, 11) is -2.10. The normalized spacial score (nSPS) is 20.6. The van der Waals surface area contributed by atoms with Gasteiger partial charge in [0.15, 0.2) is 0 Å². The maximum atomic E-state index is 12.0. The molecule has 110 valence electrons. The van der Waals surface area contributed by atoms with Crippen LogP contribution in [0.4, 0.5) is 0 Å². The number of carbonyl (C=O) groups is 2. The van der Waals surface area contributed by atoms with E-state index < -0.39 is 27.9 Å². The zero-order valence-corrected chi connectivity index (χ0v) is 12.0. The van der Waals surface area contributed by atoms with Crippen LogP contribution in [0.1, 0.15) is 26.2 Å². The van der Waals surface area contributed by atoms with E-state index in [9.17, 15) is 18.0 Å². The number of piperidine rings is 1. The minimum atomic E-state index is -3.43. The number of hydrogen-bond acceptors (Lipinski definition) is 4. The van der Waals surface area contributed by atoms with E-state index in [1.165, 1.54) is 18.9 Å². The van der Waals surface area contributed by atoms with Gasteiger partial charge in [-0.2, -0.15) is 4.31 Å². The fraction of sp³-hybridized carbons (Fsp3) is 0.818. The molecule has 1 atom stereocenters. The average molecular weight is 292 g/mol. The van der Waals surface area contributed by atoms with E-state index in [-0.39, 0.29) is 12.3 Å². The summed E-state index contributed by atoms with van der Waals surface area (Å²) in [5.74, 6) is -1.57. The molecule has 19 heavy (non-hydrogen) atoms. The molecule has 0 aromatic carbocycles. The minimum absolute atomic E-state index is 0.0842. The summed E-state index contributed by atoms with van der Waals surface area (Å²) in [5, 5.41) is 9.07. The number of hydrogen-bond donors (Lipinski definition) is 1. The van der Waals surface area contributed by atoms with Crippen LogP contribution in [0.3, 0.4) is 0 Å². The highest BCUT2D eigenvalue weighted by atomic mass is 32.2. The maximum Gasteiger partial charge on any atom is 0.326 e. The van der Waals surface area contributed by atoms with Crippen molar-refractivity contribution in [3.8, 4) is 0 Å². The van der Waals surface area contributed by atoms with Crippen LogP contribution in [0.5, 0.6) is 0 Å². The number of rotatable bonds is 5. The molecule has 0 aromatic rings. The summed E-state index contributed by atoms with van der Waals surface area (Å²) in [6.45, 7) is 1.56. The van der Waals surface area contributed by atoms with E-state index in [2.05, 4.69) is 0 Å². The lowest BCUT2D eigenvalue weighted by atomic mass is 10.0. The van der Waals surface area contributed by atoms with Gasteiger partial charge in [0.2, 0.25) is 15.9 Å². The number of carboxylic acid groups (broad SMARTS) is 1. The monoisotopic (exact) mass is 292 g/mol. The molecule has 1 fully saturated rings. The fourth-order valence-electron chi connectivity index (χ4n) is 2.09. The maximum absolute atomic E-state index is 12.0. The molecule has 1 saturated heterocycles. The number of amides is 1. The second-order valence-electron chi connectivity index (χ2n) is 4.59. The summed E-state index contributed by atoms with van der Waals surface area (Å²) >= 11 is 0. The Morgan fingerprint density at radius 2 is 2.00 bits per heavy atom. The van der Waals surface area contributed by atoms with E-state index in [0.717, 1.165) is 17.1 Å². The molecule has 0 bridgehead atoms.